The highest BCUT2D eigenvalue weighted by atomic mass is 28.4. The summed E-state index contributed by atoms with van der Waals surface area (Å²) in [6.45, 7) is 21.2. The van der Waals surface area contributed by atoms with Crippen LogP contribution in [0.5, 0.6) is 0 Å². The Morgan fingerprint density at radius 1 is 1.22 bits per heavy atom. The molecule has 1 N–H and O–H groups in total. The molecule has 2 atom stereocenters. The first-order valence-corrected chi connectivity index (χ1v) is 11.5. The molecule has 0 spiro atoms. The van der Waals surface area contributed by atoms with Crippen LogP contribution in [0.2, 0.25) is 18.1 Å². The molecule has 6 heteroatoms. The molecule has 0 aliphatic carbocycles. The zero-order valence-electron chi connectivity index (χ0n) is 16.4. The van der Waals surface area contributed by atoms with Crippen LogP contribution < -0.4 is 5.32 Å². The summed E-state index contributed by atoms with van der Waals surface area (Å²) >= 11 is 0. The molecule has 1 amide bonds. The molecular weight excluding hydrogens is 308 g/mol. The number of hydrogen-bond donors (Lipinski definition) is 1. The number of carbonyl (C=O) groups excluding carboxylic acids is 1. The summed E-state index contributed by atoms with van der Waals surface area (Å²) in [6.07, 6.45) is -0.258. The van der Waals surface area contributed by atoms with Gasteiger partial charge in [0.2, 0.25) is 0 Å². The first-order chi connectivity index (χ1) is 10.2. The minimum Gasteiger partial charge on any atom is -0.444 e. The van der Waals surface area contributed by atoms with Gasteiger partial charge in [-0.05, 0) is 45.8 Å². The molecule has 0 radical (unpaired) electrons. The molecule has 0 saturated carbocycles. The minimum atomic E-state index is -1.87. The van der Waals surface area contributed by atoms with Crippen molar-refractivity contribution >= 4 is 14.4 Å². The lowest BCUT2D eigenvalue weighted by Crippen LogP contribution is -2.60. The standard InChI is InChI=1S/C17H36N2O3Si/c1-13(22-23(8,9)17(5,6)7)14-12-18-10-11-19(14)15(20)21-16(2,3)4/h13-14,18H,10-12H2,1-9H3/t13-,14-/m1/s1. The summed E-state index contributed by atoms with van der Waals surface area (Å²) < 4.78 is 12.1. The van der Waals surface area contributed by atoms with Crippen LogP contribution in [0, 0.1) is 0 Å². The fraction of sp³-hybridized carbons (Fsp3) is 0.941. The molecule has 1 aliphatic rings. The molecule has 5 nitrogen and oxygen atoms in total. The molecule has 1 fully saturated rings. The van der Waals surface area contributed by atoms with E-state index in [1.54, 1.807) is 0 Å². The van der Waals surface area contributed by atoms with E-state index in [-0.39, 0.29) is 23.3 Å². The van der Waals surface area contributed by atoms with Gasteiger partial charge in [-0.25, -0.2) is 4.79 Å². The number of ether oxygens (including phenoxy) is 1. The van der Waals surface area contributed by atoms with Gasteiger partial charge >= 0.3 is 6.09 Å². The van der Waals surface area contributed by atoms with Crippen molar-refractivity contribution in [2.75, 3.05) is 19.6 Å². The Bertz CT molecular complexity index is 413. The van der Waals surface area contributed by atoms with Crippen molar-refractivity contribution in [3.05, 3.63) is 0 Å². The Balaban J connectivity index is 2.83. The lowest BCUT2D eigenvalue weighted by Gasteiger charge is -2.44. The average molecular weight is 345 g/mol. The summed E-state index contributed by atoms with van der Waals surface area (Å²) in [5.41, 5.74) is -0.476. The summed E-state index contributed by atoms with van der Waals surface area (Å²) in [7, 11) is -1.87. The van der Waals surface area contributed by atoms with E-state index in [1.165, 1.54) is 0 Å². The van der Waals surface area contributed by atoms with Gasteiger partial charge in [-0.3, -0.25) is 0 Å². The fourth-order valence-corrected chi connectivity index (χ4v) is 3.85. The van der Waals surface area contributed by atoms with E-state index in [2.05, 4.69) is 46.1 Å². The lowest BCUT2D eigenvalue weighted by molar-refractivity contribution is -0.00649. The third kappa shape index (κ3) is 5.76. The van der Waals surface area contributed by atoms with Gasteiger partial charge in [0, 0.05) is 19.6 Å². The van der Waals surface area contributed by atoms with E-state index in [4.69, 9.17) is 9.16 Å². The Morgan fingerprint density at radius 3 is 2.26 bits per heavy atom. The summed E-state index contributed by atoms with van der Waals surface area (Å²) in [6, 6.07) is 0.00715. The number of piperazine rings is 1. The summed E-state index contributed by atoms with van der Waals surface area (Å²) in [4.78, 5) is 14.4. The molecule has 0 aromatic rings. The highest BCUT2D eigenvalue weighted by Gasteiger charge is 2.42. The first-order valence-electron chi connectivity index (χ1n) is 8.63. The van der Waals surface area contributed by atoms with Crippen molar-refractivity contribution < 1.29 is 14.0 Å². The molecule has 136 valence electrons. The van der Waals surface area contributed by atoms with Crippen molar-refractivity contribution in [3.8, 4) is 0 Å². The van der Waals surface area contributed by atoms with Gasteiger partial charge in [-0.15, -0.1) is 0 Å². The van der Waals surface area contributed by atoms with Crippen molar-refractivity contribution in [1.82, 2.24) is 10.2 Å². The predicted molar refractivity (Wildman–Crippen MR) is 97.3 cm³/mol. The third-order valence-corrected chi connectivity index (χ3v) is 9.31. The average Bonchev–Trinajstić information content (AvgIpc) is 2.34. The smallest absolute Gasteiger partial charge is 0.410 e. The van der Waals surface area contributed by atoms with Crippen LogP contribution in [-0.2, 0) is 9.16 Å². The van der Waals surface area contributed by atoms with E-state index < -0.39 is 13.9 Å². The monoisotopic (exact) mass is 344 g/mol. The van der Waals surface area contributed by atoms with Gasteiger partial charge in [0.05, 0.1) is 12.1 Å². The Kier molecular flexibility index (Phi) is 6.32. The molecule has 1 saturated heterocycles. The minimum absolute atomic E-state index is 0.00715. The first kappa shape index (κ1) is 20.5. The maximum Gasteiger partial charge on any atom is 0.410 e. The molecule has 0 aromatic heterocycles. The van der Waals surface area contributed by atoms with E-state index in [1.807, 2.05) is 25.7 Å². The number of nitrogens with one attached hydrogen (secondary N) is 1. The largest absolute Gasteiger partial charge is 0.444 e. The fourth-order valence-electron chi connectivity index (χ4n) is 2.41. The van der Waals surface area contributed by atoms with Crippen LogP contribution in [0.15, 0.2) is 0 Å². The van der Waals surface area contributed by atoms with E-state index in [9.17, 15) is 4.79 Å². The van der Waals surface area contributed by atoms with Crippen LogP contribution in [0.3, 0.4) is 0 Å². The molecule has 0 unspecified atom stereocenters. The summed E-state index contributed by atoms with van der Waals surface area (Å²) in [5, 5.41) is 3.53. The second kappa shape index (κ2) is 7.11. The number of hydrogen-bond acceptors (Lipinski definition) is 4. The van der Waals surface area contributed by atoms with Crippen LogP contribution in [0.25, 0.3) is 0 Å². The highest BCUT2D eigenvalue weighted by molar-refractivity contribution is 6.74. The Morgan fingerprint density at radius 2 is 1.78 bits per heavy atom. The Hall–Kier alpha value is -0.593. The van der Waals surface area contributed by atoms with Gasteiger partial charge in [0.25, 0.3) is 0 Å². The summed E-state index contributed by atoms with van der Waals surface area (Å²) in [5.74, 6) is 0. The van der Waals surface area contributed by atoms with Crippen molar-refractivity contribution in [2.45, 2.75) is 84.3 Å². The maximum atomic E-state index is 12.5. The topological polar surface area (TPSA) is 50.8 Å². The number of amides is 1. The van der Waals surface area contributed by atoms with Gasteiger partial charge in [-0.2, -0.15) is 0 Å². The zero-order valence-corrected chi connectivity index (χ0v) is 17.4. The van der Waals surface area contributed by atoms with Crippen LogP contribution in [0.4, 0.5) is 4.79 Å². The molecule has 23 heavy (non-hydrogen) atoms. The molecular formula is C17H36N2O3Si. The third-order valence-electron chi connectivity index (χ3n) is 4.74. The van der Waals surface area contributed by atoms with Gasteiger partial charge in [0.15, 0.2) is 8.32 Å². The molecule has 0 bridgehead atoms. The number of carbonyl (C=O) groups is 1. The Labute approximate surface area is 143 Å². The molecule has 0 aromatic carbocycles. The van der Waals surface area contributed by atoms with Crippen molar-refractivity contribution in [3.63, 3.8) is 0 Å². The SMILES string of the molecule is C[C@@H](O[Si](C)(C)C(C)(C)C)[C@H]1CNCCN1C(=O)OC(C)(C)C. The van der Waals surface area contributed by atoms with E-state index in [0.717, 1.165) is 13.1 Å². The van der Waals surface area contributed by atoms with Crippen LogP contribution in [-0.4, -0.2) is 56.7 Å². The second-order valence-electron chi connectivity index (χ2n) is 9.03. The molecule has 1 rings (SSSR count). The predicted octanol–water partition coefficient (Wildman–Crippen LogP) is 3.61. The molecule has 1 aliphatic heterocycles. The maximum absolute atomic E-state index is 12.5. The quantitative estimate of drug-likeness (QED) is 0.795. The number of nitrogens with zero attached hydrogens (tertiary/aromatic N) is 1. The van der Waals surface area contributed by atoms with Crippen LogP contribution >= 0.6 is 0 Å². The van der Waals surface area contributed by atoms with Crippen molar-refractivity contribution in [1.29, 1.82) is 0 Å². The van der Waals surface area contributed by atoms with E-state index in [0.29, 0.717) is 6.54 Å². The highest BCUT2D eigenvalue weighted by Crippen LogP contribution is 2.38. The second-order valence-corrected chi connectivity index (χ2v) is 13.8. The van der Waals surface area contributed by atoms with E-state index >= 15 is 0 Å². The normalized spacial score (nSPS) is 22.0. The van der Waals surface area contributed by atoms with Gasteiger partial charge < -0.3 is 19.4 Å². The zero-order chi connectivity index (χ0) is 18.1. The van der Waals surface area contributed by atoms with Gasteiger partial charge in [0.1, 0.15) is 5.60 Å². The number of rotatable bonds is 3. The van der Waals surface area contributed by atoms with Gasteiger partial charge in [-0.1, -0.05) is 20.8 Å². The van der Waals surface area contributed by atoms with Crippen molar-refractivity contribution in [2.24, 2.45) is 0 Å². The van der Waals surface area contributed by atoms with Crippen LogP contribution in [0.1, 0.15) is 48.5 Å². The molecule has 1 heterocycles. The lowest BCUT2D eigenvalue weighted by atomic mass is 10.1.